The number of aromatic nitrogens is 1. The van der Waals surface area contributed by atoms with Crippen molar-refractivity contribution in [3.8, 4) is 0 Å². The normalized spacial score (nSPS) is 22.9. The highest BCUT2D eigenvalue weighted by Crippen LogP contribution is 2.27. The molecule has 1 aromatic heterocycles. The lowest BCUT2D eigenvalue weighted by atomic mass is 10.1. The van der Waals surface area contributed by atoms with Crippen LogP contribution in [0.3, 0.4) is 0 Å². The van der Waals surface area contributed by atoms with Crippen LogP contribution < -0.4 is 10.2 Å². The summed E-state index contributed by atoms with van der Waals surface area (Å²) >= 11 is 0. The van der Waals surface area contributed by atoms with E-state index >= 15 is 0 Å². The predicted molar refractivity (Wildman–Crippen MR) is 79.5 cm³/mol. The second-order valence-corrected chi connectivity index (χ2v) is 5.36. The van der Waals surface area contributed by atoms with Gasteiger partial charge in [0.15, 0.2) is 6.10 Å². The van der Waals surface area contributed by atoms with Gasteiger partial charge in [0.1, 0.15) is 0 Å². The molecule has 1 amide bonds. The number of piperidine rings is 1. The Kier molecular flexibility index (Phi) is 4.67. The molecule has 1 atom stereocenters. The van der Waals surface area contributed by atoms with Crippen LogP contribution in [0.4, 0.5) is 11.4 Å². The van der Waals surface area contributed by atoms with Crippen LogP contribution in [0.5, 0.6) is 0 Å². The van der Waals surface area contributed by atoms with Crippen molar-refractivity contribution in [2.24, 2.45) is 0 Å². The van der Waals surface area contributed by atoms with E-state index in [1.54, 1.807) is 12.4 Å². The summed E-state index contributed by atoms with van der Waals surface area (Å²) in [6, 6.07) is 1.96. The Hall–Kier alpha value is -1.66. The molecule has 1 aromatic rings. The van der Waals surface area contributed by atoms with Gasteiger partial charge in [-0.05, 0) is 25.3 Å². The van der Waals surface area contributed by atoms with E-state index in [1.165, 1.54) is 19.3 Å². The molecular formula is C15H21N3O3. The molecule has 2 aliphatic rings. The smallest absolute Gasteiger partial charge is 0.256 e. The summed E-state index contributed by atoms with van der Waals surface area (Å²) in [5.41, 5.74) is 1.79. The molecule has 3 rings (SSSR count). The molecule has 21 heavy (non-hydrogen) atoms. The molecule has 3 heterocycles. The fourth-order valence-electron chi connectivity index (χ4n) is 2.75. The number of carbonyl (C=O) groups is 1. The van der Waals surface area contributed by atoms with Crippen molar-refractivity contribution < 1.29 is 14.3 Å². The van der Waals surface area contributed by atoms with Crippen LogP contribution >= 0.6 is 0 Å². The summed E-state index contributed by atoms with van der Waals surface area (Å²) in [6.07, 6.45) is 6.58. The van der Waals surface area contributed by atoms with Gasteiger partial charge in [-0.3, -0.25) is 9.78 Å². The summed E-state index contributed by atoms with van der Waals surface area (Å²) in [5.74, 6) is -0.166. The number of nitrogens with one attached hydrogen (secondary N) is 1. The van der Waals surface area contributed by atoms with Crippen molar-refractivity contribution in [2.75, 3.05) is 43.1 Å². The minimum atomic E-state index is -0.534. The lowest BCUT2D eigenvalue weighted by Gasteiger charge is -2.30. The Bertz CT molecular complexity index is 483. The van der Waals surface area contributed by atoms with Crippen molar-refractivity contribution in [1.29, 1.82) is 0 Å². The van der Waals surface area contributed by atoms with E-state index in [4.69, 9.17) is 9.47 Å². The summed E-state index contributed by atoms with van der Waals surface area (Å²) in [7, 11) is 0. The SMILES string of the molecule is O=C(Nc1cnccc1N1CCCCC1)[C@@H]1COCCO1. The van der Waals surface area contributed by atoms with Crippen LogP contribution in [0, 0.1) is 0 Å². The number of amides is 1. The maximum atomic E-state index is 12.2. The molecule has 6 heteroatoms. The van der Waals surface area contributed by atoms with E-state index < -0.39 is 6.10 Å². The van der Waals surface area contributed by atoms with Gasteiger partial charge in [-0.2, -0.15) is 0 Å². The number of anilines is 2. The lowest BCUT2D eigenvalue weighted by molar-refractivity contribution is -0.142. The van der Waals surface area contributed by atoms with Crippen molar-refractivity contribution in [3.05, 3.63) is 18.5 Å². The number of hydrogen-bond donors (Lipinski definition) is 1. The average molecular weight is 291 g/mol. The zero-order valence-electron chi connectivity index (χ0n) is 12.1. The molecule has 114 valence electrons. The van der Waals surface area contributed by atoms with E-state index in [-0.39, 0.29) is 5.91 Å². The predicted octanol–water partition coefficient (Wildman–Crippen LogP) is 1.43. The molecule has 0 saturated carbocycles. The Balaban J connectivity index is 1.70. The molecule has 0 spiro atoms. The van der Waals surface area contributed by atoms with E-state index in [0.29, 0.717) is 19.8 Å². The average Bonchev–Trinajstić information content (AvgIpc) is 2.57. The van der Waals surface area contributed by atoms with Gasteiger partial charge in [-0.1, -0.05) is 0 Å². The molecule has 0 aliphatic carbocycles. The van der Waals surface area contributed by atoms with Crippen molar-refractivity contribution in [2.45, 2.75) is 25.4 Å². The molecule has 2 saturated heterocycles. The molecule has 6 nitrogen and oxygen atoms in total. The molecule has 2 aliphatic heterocycles. The standard InChI is InChI=1S/C15H21N3O3/c19-15(14-11-20-8-9-21-14)17-12-10-16-5-4-13(12)18-6-2-1-3-7-18/h4-5,10,14H,1-3,6-9,11H2,(H,17,19)/t14-/m0/s1. The van der Waals surface area contributed by atoms with E-state index in [9.17, 15) is 4.79 Å². The van der Waals surface area contributed by atoms with Gasteiger partial charge in [-0.15, -0.1) is 0 Å². The third-order valence-corrected chi connectivity index (χ3v) is 3.86. The first kappa shape index (κ1) is 14.3. The number of hydrogen-bond acceptors (Lipinski definition) is 5. The largest absolute Gasteiger partial charge is 0.376 e. The second kappa shape index (κ2) is 6.87. The van der Waals surface area contributed by atoms with Crippen LogP contribution in [0.2, 0.25) is 0 Å². The van der Waals surface area contributed by atoms with Gasteiger partial charge in [-0.25, -0.2) is 0 Å². The van der Waals surface area contributed by atoms with Gasteiger partial charge < -0.3 is 19.7 Å². The molecule has 0 bridgehead atoms. The Morgan fingerprint density at radius 3 is 2.90 bits per heavy atom. The third-order valence-electron chi connectivity index (χ3n) is 3.86. The topological polar surface area (TPSA) is 63.7 Å². The van der Waals surface area contributed by atoms with Gasteiger partial charge in [0, 0.05) is 19.3 Å². The van der Waals surface area contributed by atoms with Crippen LogP contribution in [0.15, 0.2) is 18.5 Å². The first-order valence-corrected chi connectivity index (χ1v) is 7.54. The summed E-state index contributed by atoms with van der Waals surface area (Å²) in [5, 5.41) is 2.93. The van der Waals surface area contributed by atoms with Crippen LogP contribution in [-0.2, 0) is 14.3 Å². The molecular weight excluding hydrogens is 270 g/mol. The van der Waals surface area contributed by atoms with E-state index in [0.717, 1.165) is 24.5 Å². The first-order chi connectivity index (χ1) is 10.3. The van der Waals surface area contributed by atoms with E-state index in [2.05, 4.69) is 15.2 Å². The highest BCUT2D eigenvalue weighted by Gasteiger charge is 2.24. The Labute approximate surface area is 124 Å². The minimum Gasteiger partial charge on any atom is -0.376 e. The van der Waals surface area contributed by atoms with Crippen LogP contribution in [-0.4, -0.2) is 49.9 Å². The third kappa shape index (κ3) is 3.51. The number of pyridine rings is 1. The van der Waals surface area contributed by atoms with Crippen molar-refractivity contribution in [1.82, 2.24) is 4.98 Å². The lowest BCUT2D eigenvalue weighted by Crippen LogP contribution is -2.39. The maximum absolute atomic E-state index is 12.2. The summed E-state index contributed by atoms with van der Waals surface area (Å²) in [6.45, 7) is 3.37. The highest BCUT2D eigenvalue weighted by atomic mass is 16.6. The van der Waals surface area contributed by atoms with Gasteiger partial charge >= 0.3 is 0 Å². The quantitative estimate of drug-likeness (QED) is 0.912. The molecule has 1 N–H and O–H groups in total. The maximum Gasteiger partial charge on any atom is 0.256 e. The number of rotatable bonds is 3. The number of ether oxygens (including phenoxy) is 2. The van der Waals surface area contributed by atoms with Crippen molar-refractivity contribution in [3.63, 3.8) is 0 Å². The molecule has 0 radical (unpaired) electrons. The first-order valence-electron chi connectivity index (χ1n) is 7.54. The monoisotopic (exact) mass is 291 g/mol. The fraction of sp³-hybridized carbons (Fsp3) is 0.600. The molecule has 2 fully saturated rings. The van der Waals surface area contributed by atoms with Gasteiger partial charge in [0.25, 0.3) is 5.91 Å². The zero-order chi connectivity index (χ0) is 14.5. The Morgan fingerprint density at radius 2 is 2.14 bits per heavy atom. The number of nitrogens with zero attached hydrogens (tertiary/aromatic N) is 2. The fourth-order valence-corrected chi connectivity index (χ4v) is 2.75. The van der Waals surface area contributed by atoms with Gasteiger partial charge in [0.2, 0.25) is 0 Å². The van der Waals surface area contributed by atoms with E-state index in [1.807, 2.05) is 6.07 Å². The van der Waals surface area contributed by atoms with Gasteiger partial charge in [0.05, 0.1) is 37.4 Å². The molecule has 0 unspecified atom stereocenters. The molecule has 0 aromatic carbocycles. The minimum absolute atomic E-state index is 0.166. The summed E-state index contributed by atoms with van der Waals surface area (Å²) < 4.78 is 10.7. The van der Waals surface area contributed by atoms with Crippen LogP contribution in [0.25, 0.3) is 0 Å². The summed E-state index contributed by atoms with van der Waals surface area (Å²) in [4.78, 5) is 18.7. The zero-order valence-corrected chi connectivity index (χ0v) is 12.1. The number of carbonyl (C=O) groups excluding carboxylic acids is 1. The van der Waals surface area contributed by atoms with Crippen molar-refractivity contribution >= 4 is 17.3 Å². The highest BCUT2D eigenvalue weighted by molar-refractivity contribution is 5.97. The second-order valence-electron chi connectivity index (χ2n) is 5.36. The Morgan fingerprint density at radius 1 is 1.29 bits per heavy atom. The van der Waals surface area contributed by atoms with Crippen LogP contribution in [0.1, 0.15) is 19.3 Å².